The van der Waals surface area contributed by atoms with Gasteiger partial charge >= 0.3 is 5.97 Å². The minimum Gasteiger partial charge on any atom is -0.452 e. The van der Waals surface area contributed by atoms with E-state index in [1.165, 1.54) is 28.6 Å². The molecule has 1 aliphatic carbocycles. The highest BCUT2D eigenvalue weighted by Crippen LogP contribution is 2.32. The lowest BCUT2D eigenvalue weighted by molar-refractivity contribution is -0.124. The van der Waals surface area contributed by atoms with Gasteiger partial charge in [-0.3, -0.25) is 4.79 Å². The number of carbonyl (C=O) groups excluding carboxylic acids is 2. The van der Waals surface area contributed by atoms with Crippen LogP contribution in [0.25, 0.3) is 0 Å². The van der Waals surface area contributed by atoms with Gasteiger partial charge in [0.25, 0.3) is 5.91 Å². The second kappa shape index (κ2) is 7.75. The summed E-state index contributed by atoms with van der Waals surface area (Å²) in [4.78, 5) is 24.0. The van der Waals surface area contributed by atoms with E-state index in [9.17, 15) is 18.0 Å². The average molecular weight is 380 g/mol. The van der Waals surface area contributed by atoms with Crippen molar-refractivity contribution in [2.75, 3.05) is 19.7 Å². The summed E-state index contributed by atoms with van der Waals surface area (Å²) >= 11 is 0. The predicted molar refractivity (Wildman–Crippen MR) is 95.0 cm³/mol. The van der Waals surface area contributed by atoms with Crippen LogP contribution in [-0.2, 0) is 19.6 Å². The number of nitrogens with zero attached hydrogens (tertiary/aromatic N) is 1. The molecule has 0 bridgehead atoms. The lowest BCUT2D eigenvalue weighted by Crippen LogP contribution is -2.37. The van der Waals surface area contributed by atoms with E-state index in [1.54, 1.807) is 0 Å². The Labute approximate surface area is 153 Å². The topological polar surface area (TPSA) is 92.8 Å². The van der Waals surface area contributed by atoms with Crippen LogP contribution in [0.1, 0.15) is 43.0 Å². The molecule has 1 aromatic carbocycles. The maximum absolute atomic E-state index is 12.5. The normalized spacial score (nSPS) is 19.1. The fourth-order valence-electron chi connectivity index (χ4n) is 3.06. The molecule has 1 saturated carbocycles. The first-order valence-electron chi connectivity index (χ1n) is 8.94. The number of nitrogens with one attached hydrogen (secondary N) is 1. The third-order valence-corrected chi connectivity index (χ3v) is 6.76. The van der Waals surface area contributed by atoms with Crippen LogP contribution in [0.4, 0.5) is 0 Å². The summed E-state index contributed by atoms with van der Waals surface area (Å²) in [5.41, 5.74) is 0.216. The average Bonchev–Trinajstić information content (AvgIpc) is 3.33. The van der Waals surface area contributed by atoms with E-state index in [2.05, 4.69) is 5.32 Å². The minimum atomic E-state index is -3.51. The van der Waals surface area contributed by atoms with Gasteiger partial charge < -0.3 is 10.1 Å². The van der Waals surface area contributed by atoms with E-state index in [0.29, 0.717) is 19.0 Å². The van der Waals surface area contributed by atoms with Crippen molar-refractivity contribution in [3.05, 3.63) is 29.8 Å². The molecule has 0 radical (unpaired) electrons. The van der Waals surface area contributed by atoms with E-state index in [0.717, 1.165) is 25.7 Å². The molecule has 7 nitrogen and oxygen atoms in total. The molecule has 1 aromatic rings. The Morgan fingerprint density at radius 3 is 2.38 bits per heavy atom. The summed E-state index contributed by atoms with van der Waals surface area (Å²) in [5.74, 6) is -0.449. The molecule has 1 heterocycles. The van der Waals surface area contributed by atoms with Gasteiger partial charge in [0, 0.05) is 19.1 Å². The third-order valence-electron chi connectivity index (χ3n) is 4.84. The molecule has 1 N–H and O–H groups in total. The molecule has 142 valence electrons. The highest BCUT2D eigenvalue weighted by Gasteiger charge is 2.29. The van der Waals surface area contributed by atoms with E-state index >= 15 is 0 Å². The molecule has 1 amide bonds. The van der Waals surface area contributed by atoms with Crippen LogP contribution in [0.2, 0.25) is 0 Å². The first-order valence-corrected chi connectivity index (χ1v) is 10.4. The number of hydrogen-bond donors (Lipinski definition) is 1. The minimum absolute atomic E-state index is 0.0938. The van der Waals surface area contributed by atoms with Crippen LogP contribution in [0.5, 0.6) is 0 Å². The SMILES string of the molecule is CC(NC(=O)COC(=O)c1ccc(S(=O)(=O)N2CCCC2)cc1)C1CC1. The monoisotopic (exact) mass is 380 g/mol. The quantitative estimate of drug-likeness (QED) is 0.725. The van der Waals surface area contributed by atoms with Crippen LogP contribution in [0.15, 0.2) is 29.2 Å². The molecule has 2 aliphatic rings. The van der Waals surface area contributed by atoms with Crippen molar-refractivity contribution in [1.82, 2.24) is 9.62 Å². The Morgan fingerprint density at radius 2 is 1.81 bits per heavy atom. The van der Waals surface area contributed by atoms with Crippen molar-refractivity contribution in [3.63, 3.8) is 0 Å². The number of rotatable bonds is 7. The molecule has 1 unspecified atom stereocenters. The fraction of sp³-hybridized carbons (Fsp3) is 0.556. The number of benzene rings is 1. The van der Waals surface area contributed by atoms with Gasteiger partial charge in [0.15, 0.2) is 6.61 Å². The zero-order valence-electron chi connectivity index (χ0n) is 14.8. The number of amides is 1. The summed E-state index contributed by atoms with van der Waals surface area (Å²) in [6.45, 7) is 2.65. The predicted octanol–water partition coefficient (Wildman–Crippen LogP) is 1.54. The molecule has 0 aromatic heterocycles. The Kier molecular flexibility index (Phi) is 5.62. The molecular weight excluding hydrogens is 356 g/mol. The van der Waals surface area contributed by atoms with Crippen LogP contribution < -0.4 is 5.32 Å². The number of sulfonamides is 1. The Hall–Kier alpha value is -1.93. The molecule has 8 heteroatoms. The van der Waals surface area contributed by atoms with E-state index < -0.39 is 16.0 Å². The van der Waals surface area contributed by atoms with Crippen LogP contribution >= 0.6 is 0 Å². The van der Waals surface area contributed by atoms with Gasteiger partial charge in [0.1, 0.15) is 0 Å². The van der Waals surface area contributed by atoms with Crippen molar-refractivity contribution in [2.24, 2.45) is 5.92 Å². The van der Waals surface area contributed by atoms with Crippen molar-refractivity contribution >= 4 is 21.9 Å². The van der Waals surface area contributed by atoms with Crippen molar-refractivity contribution < 1.29 is 22.7 Å². The van der Waals surface area contributed by atoms with Gasteiger partial charge in [-0.15, -0.1) is 0 Å². The second-order valence-corrected chi connectivity index (χ2v) is 8.84. The number of hydrogen-bond acceptors (Lipinski definition) is 5. The van der Waals surface area contributed by atoms with Gasteiger partial charge in [-0.1, -0.05) is 0 Å². The van der Waals surface area contributed by atoms with E-state index in [1.807, 2.05) is 6.92 Å². The zero-order chi connectivity index (χ0) is 18.7. The van der Waals surface area contributed by atoms with Gasteiger partial charge in [-0.25, -0.2) is 13.2 Å². The fourth-order valence-corrected chi connectivity index (χ4v) is 4.58. The van der Waals surface area contributed by atoms with Crippen molar-refractivity contribution in [2.45, 2.75) is 43.5 Å². The van der Waals surface area contributed by atoms with Gasteiger partial charge in [-0.05, 0) is 62.8 Å². The lowest BCUT2D eigenvalue weighted by Gasteiger charge is -2.15. The van der Waals surface area contributed by atoms with E-state index in [4.69, 9.17) is 4.74 Å². The van der Waals surface area contributed by atoms with Crippen molar-refractivity contribution in [3.8, 4) is 0 Å². The molecule has 26 heavy (non-hydrogen) atoms. The molecule has 3 rings (SSSR count). The highest BCUT2D eigenvalue weighted by atomic mass is 32.2. The molecule has 0 spiro atoms. The summed E-state index contributed by atoms with van der Waals surface area (Å²) < 4.78 is 31.4. The maximum atomic E-state index is 12.5. The van der Waals surface area contributed by atoms with Crippen LogP contribution in [-0.4, -0.2) is 50.3 Å². The smallest absolute Gasteiger partial charge is 0.338 e. The molecule has 1 saturated heterocycles. The van der Waals surface area contributed by atoms with Crippen LogP contribution in [0.3, 0.4) is 0 Å². The molecule has 1 aliphatic heterocycles. The number of carbonyl (C=O) groups is 2. The summed E-state index contributed by atoms with van der Waals surface area (Å²) in [7, 11) is -3.51. The van der Waals surface area contributed by atoms with Gasteiger partial charge in [0.2, 0.25) is 10.0 Å². The Bertz CT molecular complexity index is 765. The third kappa shape index (κ3) is 4.42. The first kappa shape index (κ1) is 18.8. The van der Waals surface area contributed by atoms with Gasteiger partial charge in [-0.2, -0.15) is 4.31 Å². The first-order chi connectivity index (χ1) is 12.4. The Balaban J connectivity index is 1.54. The summed E-state index contributed by atoms with van der Waals surface area (Å²) in [6, 6.07) is 5.72. The van der Waals surface area contributed by atoms with Gasteiger partial charge in [0.05, 0.1) is 10.5 Å². The highest BCUT2D eigenvalue weighted by molar-refractivity contribution is 7.89. The number of ether oxygens (including phenoxy) is 1. The lowest BCUT2D eigenvalue weighted by atomic mass is 10.2. The van der Waals surface area contributed by atoms with Crippen molar-refractivity contribution in [1.29, 1.82) is 0 Å². The number of esters is 1. The summed E-state index contributed by atoms with van der Waals surface area (Å²) in [6.07, 6.45) is 3.97. The molecule has 2 fully saturated rings. The largest absolute Gasteiger partial charge is 0.452 e. The second-order valence-electron chi connectivity index (χ2n) is 6.91. The Morgan fingerprint density at radius 1 is 1.19 bits per heavy atom. The summed E-state index contributed by atoms with van der Waals surface area (Å²) in [5, 5.41) is 2.81. The molecular formula is C18H24N2O5S. The van der Waals surface area contributed by atoms with E-state index in [-0.39, 0.29) is 29.0 Å². The van der Waals surface area contributed by atoms with Crippen LogP contribution in [0, 0.1) is 5.92 Å². The standard InChI is InChI=1S/C18H24N2O5S/c1-13(14-4-5-14)19-17(21)12-25-18(22)15-6-8-16(9-7-15)26(23,24)20-10-2-3-11-20/h6-9,13-14H,2-5,10-12H2,1H3,(H,19,21). The molecule has 1 atom stereocenters. The zero-order valence-corrected chi connectivity index (χ0v) is 15.6. The maximum Gasteiger partial charge on any atom is 0.338 e.